The quantitative estimate of drug-likeness (QED) is 0.0262. The Labute approximate surface area is 424 Å². The molecule has 6 nitrogen and oxygen atoms in total. The fraction of sp³-hybridized carbons (Fsp3) is 0.635. The molecule has 0 amide bonds. The summed E-state index contributed by atoms with van der Waals surface area (Å²) in [6, 6.07) is 0. The summed E-state index contributed by atoms with van der Waals surface area (Å²) in [7, 11) is 0. The summed E-state index contributed by atoms with van der Waals surface area (Å²) in [5, 5.41) is 0. The third kappa shape index (κ3) is 54.6. The van der Waals surface area contributed by atoms with Gasteiger partial charge in [-0.2, -0.15) is 0 Å². The minimum absolute atomic E-state index is 0.118. The fourth-order valence-electron chi connectivity index (χ4n) is 7.29. The Morgan fingerprint density at radius 1 is 0.304 bits per heavy atom. The van der Waals surface area contributed by atoms with E-state index in [1.165, 1.54) is 89.9 Å². The number of hydrogen-bond donors (Lipinski definition) is 0. The summed E-state index contributed by atoms with van der Waals surface area (Å²) in [5.41, 5.74) is 0. The molecule has 0 rings (SSSR count). The smallest absolute Gasteiger partial charge is 0.306 e. The van der Waals surface area contributed by atoms with Crippen LogP contribution in [-0.2, 0) is 28.6 Å². The number of rotatable bonds is 49. The Morgan fingerprint density at radius 3 is 0.971 bits per heavy atom. The van der Waals surface area contributed by atoms with Gasteiger partial charge in [0.05, 0.1) is 0 Å². The molecule has 0 aromatic heterocycles. The van der Waals surface area contributed by atoms with Gasteiger partial charge in [-0.3, -0.25) is 14.4 Å². The van der Waals surface area contributed by atoms with Crippen LogP contribution in [0.3, 0.4) is 0 Å². The van der Waals surface area contributed by atoms with Crippen molar-refractivity contribution >= 4 is 17.9 Å². The van der Waals surface area contributed by atoms with E-state index in [0.717, 1.165) is 96.3 Å². The molecular formula is C63H102O6. The van der Waals surface area contributed by atoms with Crippen LogP contribution in [0.4, 0.5) is 0 Å². The van der Waals surface area contributed by atoms with Gasteiger partial charge < -0.3 is 14.2 Å². The number of ether oxygens (including phenoxy) is 3. The van der Waals surface area contributed by atoms with Crippen LogP contribution in [-0.4, -0.2) is 37.2 Å². The maximum absolute atomic E-state index is 12.8. The summed E-state index contributed by atoms with van der Waals surface area (Å²) in [6.07, 6.45) is 77.7. The van der Waals surface area contributed by atoms with Gasteiger partial charge in [0.2, 0.25) is 0 Å². The van der Waals surface area contributed by atoms with Gasteiger partial charge in [0, 0.05) is 19.3 Å². The van der Waals surface area contributed by atoms with Crippen molar-refractivity contribution in [2.45, 2.75) is 245 Å². The van der Waals surface area contributed by atoms with E-state index in [1.807, 2.05) is 0 Å². The Hall–Kier alpha value is -4.19. The van der Waals surface area contributed by atoms with Gasteiger partial charge in [0.25, 0.3) is 0 Å². The maximum Gasteiger partial charge on any atom is 0.306 e. The van der Waals surface area contributed by atoms with E-state index in [-0.39, 0.29) is 44.0 Å². The Balaban J connectivity index is 4.53. The Morgan fingerprint density at radius 2 is 0.580 bits per heavy atom. The molecule has 1 atom stereocenters. The topological polar surface area (TPSA) is 78.9 Å². The lowest BCUT2D eigenvalue weighted by Crippen LogP contribution is -2.30. The lowest BCUT2D eigenvalue weighted by molar-refractivity contribution is -0.167. The molecule has 0 bridgehead atoms. The highest BCUT2D eigenvalue weighted by molar-refractivity contribution is 5.71. The molecule has 0 radical (unpaired) electrons. The molecule has 6 heteroatoms. The van der Waals surface area contributed by atoms with Crippen molar-refractivity contribution < 1.29 is 28.6 Å². The van der Waals surface area contributed by atoms with E-state index >= 15 is 0 Å². The molecule has 1 unspecified atom stereocenters. The molecule has 0 aromatic rings. The maximum atomic E-state index is 12.8. The van der Waals surface area contributed by atoms with Crippen LogP contribution in [0.15, 0.2) is 122 Å². The van der Waals surface area contributed by atoms with Gasteiger partial charge in [0.15, 0.2) is 6.10 Å². The van der Waals surface area contributed by atoms with Crippen LogP contribution in [0.2, 0.25) is 0 Å². The van der Waals surface area contributed by atoms with Crippen molar-refractivity contribution in [3.63, 3.8) is 0 Å². The molecule has 0 N–H and O–H groups in total. The summed E-state index contributed by atoms with van der Waals surface area (Å²) in [4.78, 5) is 38.1. The molecule has 69 heavy (non-hydrogen) atoms. The molecule has 0 aliphatic rings. The average molecular weight is 956 g/mol. The largest absolute Gasteiger partial charge is 0.462 e. The number of allylic oxidation sites excluding steroid dienone is 20. The van der Waals surface area contributed by atoms with Crippen LogP contribution in [0.5, 0.6) is 0 Å². The number of unbranched alkanes of at least 4 members (excludes halogenated alkanes) is 18. The SMILES string of the molecule is CC/C=C\C/C=C\C/C=C\C/C=C\C/C=C\CCCC(=O)OC(COC(=O)CCCC/C=C\C/C=C\C/C=C\C/C=C\CC)COC(=O)CCCCCCCCCCC/C=C\CCCCCCCC. The Bertz CT molecular complexity index is 1470. The number of carbonyl (C=O) groups excluding carboxylic acids is 3. The zero-order chi connectivity index (χ0) is 50.0. The normalized spacial score (nSPS) is 13.0. The van der Waals surface area contributed by atoms with E-state index < -0.39 is 6.10 Å². The van der Waals surface area contributed by atoms with Gasteiger partial charge in [-0.05, 0) is 122 Å². The van der Waals surface area contributed by atoms with Crippen LogP contribution < -0.4 is 0 Å². The van der Waals surface area contributed by atoms with Crippen molar-refractivity contribution in [2.75, 3.05) is 13.2 Å². The van der Waals surface area contributed by atoms with Crippen LogP contribution >= 0.6 is 0 Å². The van der Waals surface area contributed by atoms with Crippen molar-refractivity contribution in [2.24, 2.45) is 0 Å². The standard InChI is InChI=1S/C63H102O6/c1-4-7-10-13-16-19-22-25-28-30-31-33-35-38-41-44-47-50-53-56-62(65)68-59-60(58-67-61(64)55-52-49-46-43-40-37-34-27-24-21-18-15-12-9-6-3)69-63(66)57-54-51-48-45-42-39-36-32-29-26-23-20-17-14-11-8-5-2/h8-9,11-12,17-18,20-21,25-29,34,36,39-40,43,45,48,60H,4-7,10,13-16,19,22-24,30-33,35,37-38,41-42,44,46-47,49-59H2,1-3H3/b11-8-,12-9-,20-17-,21-18-,28-25-,29-26-,34-27-,39-36-,43-40-,48-45-. The molecule has 0 aliphatic carbocycles. The number of carbonyl (C=O) groups is 3. The first-order chi connectivity index (χ1) is 34.0. The summed E-state index contributed by atoms with van der Waals surface area (Å²) in [6.45, 7) is 6.32. The van der Waals surface area contributed by atoms with Gasteiger partial charge in [-0.15, -0.1) is 0 Å². The molecule has 0 saturated heterocycles. The van der Waals surface area contributed by atoms with E-state index in [4.69, 9.17) is 14.2 Å². The second-order valence-corrected chi connectivity index (χ2v) is 18.1. The van der Waals surface area contributed by atoms with Gasteiger partial charge in [-0.25, -0.2) is 0 Å². The minimum Gasteiger partial charge on any atom is -0.462 e. The Kier molecular flexibility index (Phi) is 53.0. The van der Waals surface area contributed by atoms with Crippen molar-refractivity contribution in [1.82, 2.24) is 0 Å². The minimum atomic E-state index is -0.829. The third-order valence-corrected chi connectivity index (χ3v) is 11.4. The average Bonchev–Trinajstić information content (AvgIpc) is 3.35. The zero-order valence-corrected chi connectivity index (χ0v) is 44.5. The predicted octanol–water partition coefficient (Wildman–Crippen LogP) is 18.9. The number of esters is 3. The highest BCUT2D eigenvalue weighted by Gasteiger charge is 2.19. The van der Waals surface area contributed by atoms with Gasteiger partial charge >= 0.3 is 17.9 Å². The second-order valence-electron chi connectivity index (χ2n) is 18.1. The first-order valence-corrected chi connectivity index (χ1v) is 28.0. The molecule has 0 aromatic carbocycles. The lowest BCUT2D eigenvalue weighted by atomic mass is 10.1. The summed E-state index contributed by atoms with van der Waals surface area (Å²) >= 11 is 0. The van der Waals surface area contributed by atoms with Crippen molar-refractivity contribution in [3.8, 4) is 0 Å². The summed E-state index contributed by atoms with van der Waals surface area (Å²) < 4.78 is 16.8. The molecule has 390 valence electrons. The van der Waals surface area contributed by atoms with Crippen LogP contribution in [0, 0.1) is 0 Å². The van der Waals surface area contributed by atoms with Crippen molar-refractivity contribution in [1.29, 1.82) is 0 Å². The van der Waals surface area contributed by atoms with Gasteiger partial charge in [-0.1, -0.05) is 219 Å². The fourth-order valence-corrected chi connectivity index (χ4v) is 7.29. The van der Waals surface area contributed by atoms with Crippen LogP contribution in [0.1, 0.15) is 239 Å². The monoisotopic (exact) mass is 955 g/mol. The van der Waals surface area contributed by atoms with Crippen LogP contribution in [0.25, 0.3) is 0 Å². The molecule has 0 fully saturated rings. The first-order valence-electron chi connectivity index (χ1n) is 28.0. The highest BCUT2D eigenvalue weighted by atomic mass is 16.6. The van der Waals surface area contributed by atoms with E-state index in [1.54, 1.807) is 0 Å². The van der Waals surface area contributed by atoms with E-state index in [0.29, 0.717) is 19.3 Å². The first kappa shape index (κ1) is 64.8. The van der Waals surface area contributed by atoms with E-state index in [2.05, 4.69) is 142 Å². The predicted molar refractivity (Wildman–Crippen MR) is 297 cm³/mol. The summed E-state index contributed by atoms with van der Waals surface area (Å²) in [5.74, 6) is -1.03. The second kappa shape index (κ2) is 56.4. The molecule has 0 heterocycles. The molecule has 0 saturated carbocycles. The highest BCUT2D eigenvalue weighted by Crippen LogP contribution is 2.14. The molecule has 0 aliphatic heterocycles. The zero-order valence-electron chi connectivity index (χ0n) is 44.5. The molecular weight excluding hydrogens is 853 g/mol. The lowest BCUT2D eigenvalue weighted by Gasteiger charge is -2.18. The van der Waals surface area contributed by atoms with Crippen molar-refractivity contribution in [3.05, 3.63) is 122 Å². The number of hydrogen-bond acceptors (Lipinski definition) is 6. The molecule has 0 spiro atoms. The third-order valence-electron chi connectivity index (χ3n) is 11.4. The van der Waals surface area contributed by atoms with Gasteiger partial charge in [0.1, 0.15) is 13.2 Å². The van der Waals surface area contributed by atoms with E-state index in [9.17, 15) is 14.4 Å².